The van der Waals surface area contributed by atoms with E-state index < -0.39 is 23.3 Å². The molecule has 0 spiro atoms. The molecule has 42 heavy (non-hydrogen) atoms. The Bertz CT molecular complexity index is 1250. The lowest BCUT2D eigenvalue weighted by molar-refractivity contribution is -0.125. The number of ether oxygens (including phenoxy) is 1. The van der Waals surface area contributed by atoms with E-state index >= 15 is 0 Å². The first-order valence-electron chi connectivity index (χ1n) is 14.6. The zero-order chi connectivity index (χ0) is 30.0. The van der Waals surface area contributed by atoms with Crippen LogP contribution in [0.3, 0.4) is 0 Å². The van der Waals surface area contributed by atoms with Gasteiger partial charge in [-0.15, -0.1) is 0 Å². The molecular weight excluding hydrogens is 526 g/mol. The maximum atomic E-state index is 13.8. The molecule has 0 bridgehead atoms. The molecule has 0 unspecified atom stereocenters. The summed E-state index contributed by atoms with van der Waals surface area (Å²) in [5, 5.41) is 6.19. The minimum atomic E-state index is -0.934. The molecule has 220 valence electrons. The molecule has 7 nitrogen and oxygen atoms in total. The number of amides is 3. The molecule has 1 atom stereocenters. The standard InChI is InChI=1S/C35H41N3O4/c1-34(2,3)42-33(41)36-30(22-24-32(40)38-25-13-14-26-38)21-23-31(39)37-35(27-15-7-4-8-16-27,28-17-9-5-10-18-28)29-19-11-6-12-20-29/h4-12,15-20,22,24,30H,13-14,21,23,25-26H2,1-3H3,(H,36,41)(H,37,39)/b24-22+/t30-/m0/s1. The number of nitrogens with zero attached hydrogens (tertiary/aromatic N) is 1. The summed E-state index contributed by atoms with van der Waals surface area (Å²) in [7, 11) is 0. The van der Waals surface area contributed by atoms with E-state index in [1.54, 1.807) is 31.7 Å². The van der Waals surface area contributed by atoms with Crippen molar-refractivity contribution in [2.75, 3.05) is 13.1 Å². The molecule has 0 aromatic heterocycles. The number of benzene rings is 3. The van der Waals surface area contributed by atoms with Crippen molar-refractivity contribution < 1.29 is 19.1 Å². The van der Waals surface area contributed by atoms with Gasteiger partial charge in [-0.05, 0) is 56.7 Å². The zero-order valence-corrected chi connectivity index (χ0v) is 24.7. The molecule has 3 amide bonds. The molecule has 0 radical (unpaired) electrons. The van der Waals surface area contributed by atoms with Gasteiger partial charge in [-0.3, -0.25) is 9.59 Å². The van der Waals surface area contributed by atoms with Crippen LogP contribution in [-0.4, -0.2) is 47.5 Å². The first-order chi connectivity index (χ1) is 20.2. The second-order valence-corrected chi connectivity index (χ2v) is 11.6. The largest absolute Gasteiger partial charge is 0.444 e. The van der Waals surface area contributed by atoms with E-state index in [1.807, 2.05) is 91.0 Å². The highest BCUT2D eigenvalue weighted by atomic mass is 16.6. The van der Waals surface area contributed by atoms with Crippen molar-refractivity contribution in [2.24, 2.45) is 0 Å². The quantitative estimate of drug-likeness (QED) is 0.234. The summed E-state index contributed by atoms with van der Waals surface area (Å²) in [6.07, 6.45) is 4.93. The molecule has 0 aliphatic carbocycles. The van der Waals surface area contributed by atoms with E-state index in [2.05, 4.69) is 10.6 Å². The molecule has 1 saturated heterocycles. The van der Waals surface area contributed by atoms with Crippen LogP contribution in [0.5, 0.6) is 0 Å². The Kier molecular flexibility index (Phi) is 10.2. The highest BCUT2D eigenvalue weighted by Crippen LogP contribution is 2.37. The Morgan fingerprint density at radius 3 is 1.74 bits per heavy atom. The molecule has 2 N–H and O–H groups in total. The van der Waals surface area contributed by atoms with Crippen molar-refractivity contribution in [2.45, 2.75) is 63.6 Å². The van der Waals surface area contributed by atoms with Gasteiger partial charge in [0.05, 0.1) is 6.04 Å². The molecule has 4 rings (SSSR count). The van der Waals surface area contributed by atoms with Crippen molar-refractivity contribution in [3.63, 3.8) is 0 Å². The van der Waals surface area contributed by atoms with Crippen LogP contribution in [0.2, 0.25) is 0 Å². The second kappa shape index (κ2) is 14.0. The van der Waals surface area contributed by atoms with E-state index in [4.69, 9.17) is 4.74 Å². The Morgan fingerprint density at radius 1 is 0.810 bits per heavy atom. The molecule has 1 heterocycles. The van der Waals surface area contributed by atoms with E-state index in [0.29, 0.717) is 0 Å². The molecule has 1 aliphatic heterocycles. The topological polar surface area (TPSA) is 87.7 Å². The fraction of sp³-hybridized carbons (Fsp3) is 0.343. The van der Waals surface area contributed by atoms with Crippen molar-refractivity contribution in [1.29, 1.82) is 0 Å². The lowest BCUT2D eigenvalue weighted by Crippen LogP contribution is -2.48. The fourth-order valence-electron chi connectivity index (χ4n) is 5.26. The third-order valence-electron chi connectivity index (χ3n) is 7.22. The minimum Gasteiger partial charge on any atom is -0.444 e. The summed E-state index contributed by atoms with van der Waals surface area (Å²) in [6.45, 7) is 6.83. The maximum absolute atomic E-state index is 13.8. The van der Waals surface area contributed by atoms with Crippen LogP contribution in [0.1, 0.15) is 63.1 Å². The predicted molar refractivity (Wildman–Crippen MR) is 165 cm³/mol. The van der Waals surface area contributed by atoms with Gasteiger partial charge < -0.3 is 20.3 Å². The smallest absolute Gasteiger partial charge is 0.408 e. The fourth-order valence-corrected chi connectivity index (χ4v) is 5.26. The maximum Gasteiger partial charge on any atom is 0.408 e. The van der Waals surface area contributed by atoms with Crippen LogP contribution in [0.25, 0.3) is 0 Å². The third-order valence-corrected chi connectivity index (χ3v) is 7.22. The molecule has 0 saturated carbocycles. The SMILES string of the molecule is CC(C)(C)OC(=O)N[C@H](/C=C/C(=O)N1CCCC1)CCC(=O)NC(c1ccccc1)(c1ccccc1)c1ccccc1. The van der Waals surface area contributed by atoms with E-state index in [-0.39, 0.29) is 24.7 Å². The van der Waals surface area contributed by atoms with Crippen LogP contribution >= 0.6 is 0 Å². The Hall–Kier alpha value is -4.39. The number of carbonyl (C=O) groups excluding carboxylic acids is 3. The molecule has 1 fully saturated rings. The molecule has 7 heteroatoms. The number of rotatable bonds is 10. The molecular formula is C35H41N3O4. The van der Waals surface area contributed by atoms with Crippen LogP contribution < -0.4 is 10.6 Å². The zero-order valence-electron chi connectivity index (χ0n) is 24.7. The Labute approximate surface area is 249 Å². The number of alkyl carbamates (subject to hydrolysis) is 1. The lowest BCUT2D eigenvalue weighted by atomic mass is 9.77. The number of hydrogen-bond acceptors (Lipinski definition) is 4. The highest BCUT2D eigenvalue weighted by Gasteiger charge is 2.37. The number of likely N-dealkylation sites (tertiary alicyclic amines) is 1. The van der Waals surface area contributed by atoms with Gasteiger partial charge in [-0.1, -0.05) is 97.1 Å². The number of nitrogens with one attached hydrogen (secondary N) is 2. The van der Waals surface area contributed by atoms with Crippen molar-refractivity contribution >= 4 is 17.9 Å². The molecule has 3 aromatic rings. The van der Waals surface area contributed by atoms with Crippen molar-refractivity contribution in [3.8, 4) is 0 Å². The van der Waals surface area contributed by atoms with Crippen LogP contribution in [0.15, 0.2) is 103 Å². The summed E-state index contributed by atoms with van der Waals surface area (Å²) in [5.41, 5.74) is 1.17. The first kappa shape index (κ1) is 30.6. The summed E-state index contributed by atoms with van der Waals surface area (Å²) in [6, 6.07) is 29.1. The molecule has 3 aromatic carbocycles. The van der Waals surface area contributed by atoms with Crippen molar-refractivity contribution in [3.05, 3.63) is 120 Å². The van der Waals surface area contributed by atoms with Crippen molar-refractivity contribution in [1.82, 2.24) is 15.5 Å². The monoisotopic (exact) mass is 567 g/mol. The Morgan fingerprint density at radius 2 is 1.29 bits per heavy atom. The van der Waals surface area contributed by atoms with Gasteiger partial charge in [0.25, 0.3) is 0 Å². The average Bonchev–Trinajstić information content (AvgIpc) is 3.53. The van der Waals surface area contributed by atoms with Gasteiger partial charge in [0.1, 0.15) is 11.1 Å². The number of hydrogen-bond donors (Lipinski definition) is 2. The summed E-state index contributed by atoms with van der Waals surface area (Å²) < 4.78 is 5.46. The number of carbonyl (C=O) groups is 3. The van der Waals surface area contributed by atoms with Crippen LogP contribution in [0, 0.1) is 0 Å². The van der Waals surface area contributed by atoms with Gasteiger partial charge in [-0.25, -0.2) is 4.79 Å². The van der Waals surface area contributed by atoms with Gasteiger partial charge in [0.15, 0.2) is 0 Å². The Balaban J connectivity index is 1.59. The second-order valence-electron chi connectivity index (χ2n) is 11.6. The normalized spacial score (nSPS) is 14.4. The van der Waals surface area contributed by atoms with Gasteiger partial charge in [0, 0.05) is 25.6 Å². The van der Waals surface area contributed by atoms with E-state index in [1.165, 1.54) is 6.08 Å². The van der Waals surface area contributed by atoms with Gasteiger partial charge >= 0.3 is 6.09 Å². The van der Waals surface area contributed by atoms with Crippen LogP contribution in [0.4, 0.5) is 4.79 Å². The van der Waals surface area contributed by atoms with Gasteiger partial charge in [-0.2, -0.15) is 0 Å². The van der Waals surface area contributed by atoms with E-state index in [0.717, 1.165) is 42.6 Å². The van der Waals surface area contributed by atoms with Gasteiger partial charge in [0.2, 0.25) is 11.8 Å². The average molecular weight is 568 g/mol. The molecule has 1 aliphatic rings. The summed E-state index contributed by atoms with van der Waals surface area (Å²) in [5.74, 6) is -0.286. The minimum absolute atomic E-state index is 0.0933. The lowest BCUT2D eigenvalue weighted by Gasteiger charge is -2.37. The highest BCUT2D eigenvalue weighted by molar-refractivity contribution is 5.88. The predicted octanol–water partition coefficient (Wildman–Crippen LogP) is 5.95. The van der Waals surface area contributed by atoms with Crippen LogP contribution in [-0.2, 0) is 19.9 Å². The van der Waals surface area contributed by atoms with E-state index in [9.17, 15) is 14.4 Å². The first-order valence-corrected chi connectivity index (χ1v) is 14.6. The third kappa shape index (κ3) is 8.09. The summed E-state index contributed by atoms with van der Waals surface area (Å²) >= 11 is 0. The summed E-state index contributed by atoms with van der Waals surface area (Å²) in [4.78, 5) is 40.9.